The van der Waals surface area contributed by atoms with Crippen molar-refractivity contribution >= 4 is 0 Å². The predicted molar refractivity (Wildman–Crippen MR) is 73.9 cm³/mol. The molecule has 0 aliphatic heterocycles. The zero-order valence-electron chi connectivity index (χ0n) is 11.4. The number of nitrogens with one attached hydrogen (secondary N) is 1. The number of nitrogens with two attached hydrogens (primary N) is 1. The van der Waals surface area contributed by atoms with Crippen molar-refractivity contribution < 1.29 is 0 Å². The molecule has 2 rings (SSSR count). The SMILES string of the molecule is Cc1cc(CC(CC2=CCCCC2)NN)n(C)n1. The topological polar surface area (TPSA) is 55.9 Å². The summed E-state index contributed by atoms with van der Waals surface area (Å²) >= 11 is 0. The van der Waals surface area contributed by atoms with Gasteiger partial charge in [0.2, 0.25) is 0 Å². The number of allylic oxidation sites excluding steroid dienone is 1. The smallest absolute Gasteiger partial charge is 0.0596 e. The molecular weight excluding hydrogens is 224 g/mol. The maximum absolute atomic E-state index is 5.69. The fraction of sp³-hybridized carbons (Fsp3) is 0.643. The number of nitrogens with zero attached hydrogens (tertiary/aromatic N) is 2. The van der Waals surface area contributed by atoms with E-state index in [1.165, 1.54) is 31.4 Å². The minimum Gasteiger partial charge on any atom is -0.272 e. The van der Waals surface area contributed by atoms with Crippen LogP contribution in [0.2, 0.25) is 0 Å². The van der Waals surface area contributed by atoms with Crippen molar-refractivity contribution in [2.75, 3.05) is 0 Å². The first-order valence-corrected chi connectivity index (χ1v) is 6.82. The molecule has 1 atom stereocenters. The number of aromatic nitrogens is 2. The van der Waals surface area contributed by atoms with Gasteiger partial charge in [0.1, 0.15) is 0 Å². The summed E-state index contributed by atoms with van der Waals surface area (Å²) in [7, 11) is 2.00. The third-order valence-electron chi connectivity index (χ3n) is 3.68. The number of hydrogen-bond acceptors (Lipinski definition) is 3. The Morgan fingerprint density at radius 2 is 2.28 bits per heavy atom. The maximum atomic E-state index is 5.69. The Bertz CT molecular complexity index is 419. The molecule has 4 heteroatoms. The van der Waals surface area contributed by atoms with Gasteiger partial charge in [0.15, 0.2) is 0 Å². The standard InChI is InChI=1S/C14H24N4/c1-11-8-14(18(2)17-11)10-13(16-15)9-12-6-4-3-5-7-12/h6,8,13,16H,3-5,7,9-10,15H2,1-2H3. The molecule has 0 bridgehead atoms. The van der Waals surface area contributed by atoms with Crippen molar-refractivity contribution in [3.05, 3.63) is 29.1 Å². The summed E-state index contributed by atoms with van der Waals surface area (Å²) in [5, 5.41) is 4.38. The van der Waals surface area contributed by atoms with Crippen molar-refractivity contribution in [3.8, 4) is 0 Å². The van der Waals surface area contributed by atoms with Crippen LogP contribution in [0.25, 0.3) is 0 Å². The first-order valence-electron chi connectivity index (χ1n) is 6.82. The molecule has 0 aromatic carbocycles. The molecule has 0 saturated heterocycles. The molecule has 0 amide bonds. The molecule has 0 fully saturated rings. The number of aryl methyl sites for hydroxylation is 2. The van der Waals surface area contributed by atoms with Gasteiger partial charge in [-0.05, 0) is 45.1 Å². The quantitative estimate of drug-likeness (QED) is 0.476. The summed E-state index contributed by atoms with van der Waals surface area (Å²) in [4.78, 5) is 0. The molecule has 0 saturated carbocycles. The van der Waals surface area contributed by atoms with E-state index in [0.29, 0.717) is 6.04 Å². The highest BCUT2D eigenvalue weighted by Crippen LogP contribution is 2.22. The first-order chi connectivity index (χ1) is 8.69. The average molecular weight is 248 g/mol. The van der Waals surface area contributed by atoms with Crippen molar-refractivity contribution in [2.45, 2.75) is 51.5 Å². The van der Waals surface area contributed by atoms with Crippen LogP contribution in [0.3, 0.4) is 0 Å². The highest BCUT2D eigenvalue weighted by molar-refractivity contribution is 5.13. The number of rotatable bonds is 5. The van der Waals surface area contributed by atoms with Gasteiger partial charge in [0.25, 0.3) is 0 Å². The van der Waals surface area contributed by atoms with E-state index in [1.807, 2.05) is 18.7 Å². The van der Waals surface area contributed by atoms with E-state index in [0.717, 1.165) is 18.5 Å². The van der Waals surface area contributed by atoms with E-state index in [2.05, 4.69) is 22.7 Å². The van der Waals surface area contributed by atoms with Crippen LogP contribution in [0.15, 0.2) is 17.7 Å². The maximum Gasteiger partial charge on any atom is 0.0596 e. The van der Waals surface area contributed by atoms with Crippen molar-refractivity contribution in [2.24, 2.45) is 12.9 Å². The van der Waals surface area contributed by atoms with Crippen LogP contribution in [-0.2, 0) is 13.5 Å². The third kappa shape index (κ3) is 3.43. The molecular formula is C14H24N4. The van der Waals surface area contributed by atoms with Gasteiger partial charge >= 0.3 is 0 Å². The van der Waals surface area contributed by atoms with E-state index in [1.54, 1.807) is 5.57 Å². The average Bonchev–Trinajstić information content (AvgIpc) is 2.68. The van der Waals surface area contributed by atoms with Gasteiger partial charge in [-0.3, -0.25) is 16.0 Å². The molecule has 1 unspecified atom stereocenters. The molecule has 0 spiro atoms. The van der Waals surface area contributed by atoms with Gasteiger partial charge in [-0.15, -0.1) is 0 Å². The second-order valence-electron chi connectivity index (χ2n) is 5.28. The van der Waals surface area contributed by atoms with E-state index >= 15 is 0 Å². The Kier molecular flexibility index (Phi) is 4.55. The lowest BCUT2D eigenvalue weighted by Gasteiger charge is -2.20. The molecule has 1 aliphatic rings. The van der Waals surface area contributed by atoms with Crippen LogP contribution in [0, 0.1) is 6.92 Å². The van der Waals surface area contributed by atoms with E-state index in [9.17, 15) is 0 Å². The lowest BCUT2D eigenvalue weighted by atomic mass is 9.93. The van der Waals surface area contributed by atoms with Gasteiger partial charge in [-0.1, -0.05) is 11.6 Å². The second kappa shape index (κ2) is 6.16. The van der Waals surface area contributed by atoms with Crippen LogP contribution in [0.1, 0.15) is 43.5 Å². The zero-order valence-corrected chi connectivity index (χ0v) is 11.4. The first kappa shape index (κ1) is 13.3. The Hall–Kier alpha value is -1.13. The van der Waals surface area contributed by atoms with Gasteiger partial charge in [0, 0.05) is 25.2 Å². The number of hydrogen-bond donors (Lipinski definition) is 2. The molecule has 0 radical (unpaired) electrons. The fourth-order valence-corrected chi connectivity index (χ4v) is 2.70. The number of hydrazine groups is 1. The van der Waals surface area contributed by atoms with Crippen LogP contribution >= 0.6 is 0 Å². The fourth-order valence-electron chi connectivity index (χ4n) is 2.70. The van der Waals surface area contributed by atoms with E-state index < -0.39 is 0 Å². The third-order valence-corrected chi connectivity index (χ3v) is 3.68. The normalized spacial score (nSPS) is 17.6. The van der Waals surface area contributed by atoms with Gasteiger partial charge in [-0.25, -0.2) is 0 Å². The lowest BCUT2D eigenvalue weighted by Crippen LogP contribution is -2.37. The molecule has 1 aliphatic carbocycles. The van der Waals surface area contributed by atoms with E-state index in [4.69, 9.17) is 5.84 Å². The second-order valence-corrected chi connectivity index (χ2v) is 5.28. The minimum atomic E-state index is 0.309. The van der Waals surface area contributed by atoms with E-state index in [-0.39, 0.29) is 0 Å². The zero-order chi connectivity index (χ0) is 13.0. The Morgan fingerprint density at radius 3 is 2.83 bits per heavy atom. The van der Waals surface area contributed by atoms with Crippen molar-refractivity contribution in [1.82, 2.24) is 15.2 Å². The molecule has 1 heterocycles. The minimum absolute atomic E-state index is 0.309. The molecule has 18 heavy (non-hydrogen) atoms. The predicted octanol–water partition coefficient (Wildman–Crippen LogP) is 1.99. The van der Waals surface area contributed by atoms with Crippen LogP contribution < -0.4 is 11.3 Å². The highest BCUT2D eigenvalue weighted by atomic mass is 15.3. The summed E-state index contributed by atoms with van der Waals surface area (Å²) in [5.41, 5.74) is 6.82. The van der Waals surface area contributed by atoms with Gasteiger partial charge in [0.05, 0.1) is 5.69 Å². The van der Waals surface area contributed by atoms with Crippen LogP contribution in [0.4, 0.5) is 0 Å². The highest BCUT2D eigenvalue weighted by Gasteiger charge is 2.14. The Morgan fingerprint density at radius 1 is 1.44 bits per heavy atom. The summed E-state index contributed by atoms with van der Waals surface area (Å²) in [5.74, 6) is 5.69. The molecule has 1 aromatic rings. The molecule has 100 valence electrons. The molecule has 1 aromatic heterocycles. The van der Waals surface area contributed by atoms with Crippen LogP contribution in [0.5, 0.6) is 0 Å². The summed E-state index contributed by atoms with van der Waals surface area (Å²) in [6, 6.07) is 2.45. The Balaban J connectivity index is 1.96. The van der Waals surface area contributed by atoms with Gasteiger partial charge in [-0.2, -0.15) is 5.10 Å². The monoisotopic (exact) mass is 248 g/mol. The van der Waals surface area contributed by atoms with Crippen molar-refractivity contribution in [1.29, 1.82) is 0 Å². The summed E-state index contributed by atoms with van der Waals surface area (Å²) < 4.78 is 1.95. The van der Waals surface area contributed by atoms with Gasteiger partial charge < -0.3 is 0 Å². The lowest BCUT2D eigenvalue weighted by molar-refractivity contribution is 0.490. The van der Waals surface area contributed by atoms with Crippen molar-refractivity contribution in [3.63, 3.8) is 0 Å². The summed E-state index contributed by atoms with van der Waals surface area (Å²) in [6.07, 6.45) is 9.52. The van der Waals surface area contributed by atoms with Crippen LogP contribution in [-0.4, -0.2) is 15.8 Å². The molecule has 4 nitrogen and oxygen atoms in total. The summed E-state index contributed by atoms with van der Waals surface area (Å²) in [6.45, 7) is 2.03. The largest absolute Gasteiger partial charge is 0.272 e. The molecule has 3 N–H and O–H groups in total. The Labute approximate surface area is 109 Å².